The van der Waals surface area contributed by atoms with Crippen molar-refractivity contribution in [2.45, 2.75) is 0 Å². The molecule has 9 heteroatoms. The van der Waals surface area contributed by atoms with Crippen molar-refractivity contribution in [3.63, 3.8) is 0 Å². The minimum atomic E-state index is -0.543. The number of fused-ring (bicyclic) bond motifs is 1. The van der Waals surface area contributed by atoms with Gasteiger partial charge in [-0.2, -0.15) is 0 Å². The summed E-state index contributed by atoms with van der Waals surface area (Å²) in [4.78, 5) is 46.7. The number of rotatable bonds is 6. The summed E-state index contributed by atoms with van der Waals surface area (Å²) in [5.74, 6) is 0.0738. The molecule has 0 fully saturated rings. The van der Waals surface area contributed by atoms with Crippen LogP contribution < -0.4 is 20.9 Å². The fourth-order valence-corrected chi connectivity index (χ4v) is 3.79. The number of hydrogen-bond donors (Lipinski definition) is 2. The Morgan fingerprint density at radius 2 is 1.59 bits per heavy atom. The van der Waals surface area contributed by atoms with E-state index in [1.165, 1.54) is 23.9 Å². The molecule has 3 aromatic heterocycles. The maximum atomic E-state index is 13.4. The normalized spacial score (nSPS) is 10.6. The highest BCUT2D eigenvalue weighted by Crippen LogP contribution is 2.24. The van der Waals surface area contributed by atoms with Gasteiger partial charge in [-0.1, -0.05) is 18.2 Å². The Bertz CT molecular complexity index is 1660. The van der Waals surface area contributed by atoms with Gasteiger partial charge in [-0.25, -0.2) is 4.98 Å². The van der Waals surface area contributed by atoms with Gasteiger partial charge in [0.15, 0.2) is 0 Å². The Morgan fingerprint density at radius 1 is 0.811 bits per heavy atom. The van der Waals surface area contributed by atoms with E-state index in [9.17, 15) is 14.4 Å². The van der Waals surface area contributed by atoms with Crippen LogP contribution in [0.4, 0.5) is 5.69 Å². The van der Waals surface area contributed by atoms with Crippen molar-refractivity contribution in [1.82, 2.24) is 19.9 Å². The van der Waals surface area contributed by atoms with Gasteiger partial charge in [0, 0.05) is 36.6 Å². The zero-order chi connectivity index (χ0) is 25.8. The second-order valence-electron chi connectivity index (χ2n) is 7.99. The van der Waals surface area contributed by atoms with Crippen LogP contribution in [-0.2, 0) is 0 Å². The van der Waals surface area contributed by atoms with Crippen molar-refractivity contribution in [1.29, 1.82) is 0 Å². The summed E-state index contributed by atoms with van der Waals surface area (Å²) in [6.07, 6.45) is 3.09. The molecule has 2 N–H and O–H groups in total. The van der Waals surface area contributed by atoms with Crippen LogP contribution in [0.1, 0.15) is 20.8 Å². The highest BCUT2D eigenvalue weighted by Gasteiger charge is 2.17. The first-order valence-electron chi connectivity index (χ1n) is 11.4. The first kappa shape index (κ1) is 23.4. The van der Waals surface area contributed by atoms with E-state index in [-0.39, 0.29) is 17.2 Å². The molecular formula is C28H21N5O4. The summed E-state index contributed by atoms with van der Waals surface area (Å²) in [6.45, 7) is 0. The Labute approximate surface area is 211 Å². The van der Waals surface area contributed by atoms with Gasteiger partial charge in [-0.15, -0.1) is 0 Å². The largest absolute Gasteiger partial charge is 0.457 e. The molecule has 0 saturated carbocycles. The molecule has 0 saturated heterocycles. The zero-order valence-corrected chi connectivity index (χ0v) is 19.7. The molecule has 0 aliphatic carbocycles. The van der Waals surface area contributed by atoms with Crippen LogP contribution in [-0.4, -0.2) is 33.4 Å². The highest BCUT2D eigenvalue weighted by atomic mass is 16.5. The molecule has 0 unspecified atom stereocenters. The minimum Gasteiger partial charge on any atom is -0.457 e. The van der Waals surface area contributed by atoms with Gasteiger partial charge in [-0.3, -0.25) is 23.9 Å². The molecule has 2 aromatic carbocycles. The predicted molar refractivity (Wildman–Crippen MR) is 139 cm³/mol. The average Bonchev–Trinajstić information content (AvgIpc) is 2.94. The Morgan fingerprint density at radius 3 is 2.35 bits per heavy atom. The number of amides is 2. The third-order valence-electron chi connectivity index (χ3n) is 5.56. The van der Waals surface area contributed by atoms with Gasteiger partial charge >= 0.3 is 0 Å². The molecule has 5 rings (SSSR count). The molecule has 182 valence electrons. The van der Waals surface area contributed by atoms with E-state index in [4.69, 9.17) is 4.74 Å². The lowest BCUT2D eigenvalue weighted by Crippen LogP contribution is -2.29. The van der Waals surface area contributed by atoms with Crippen LogP contribution in [0, 0.1) is 0 Å². The van der Waals surface area contributed by atoms with Crippen molar-refractivity contribution >= 4 is 28.5 Å². The summed E-state index contributed by atoms with van der Waals surface area (Å²) in [6, 6.07) is 24.0. The summed E-state index contributed by atoms with van der Waals surface area (Å²) in [5.41, 5.74) is 1.31. The molecule has 0 radical (unpaired) electrons. The van der Waals surface area contributed by atoms with Crippen LogP contribution in [0.5, 0.6) is 11.5 Å². The third kappa shape index (κ3) is 4.92. The standard InChI is InChI=1S/C28H21N5O4/c1-29-27(35)24-17-22(13-15-30-24)37-21-11-9-19(10-12-21)32-26(34)23-16-18-6-5-14-31-25(18)33(28(23)36)20-7-3-2-4-8-20/h2-17H,1H3,(H,29,35)(H,32,34). The molecule has 0 atom stereocenters. The fourth-order valence-electron chi connectivity index (χ4n) is 3.79. The number of para-hydroxylation sites is 1. The number of carbonyl (C=O) groups is 2. The number of nitrogens with one attached hydrogen (secondary N) is 2. The lowest BCUT2D eigenvalue weighted by molar-refractivity contribution is 0.0957. The van der Waals surface area contributed by atoms with Crippen molar-refractivity contribution in [3.8, 4) is 17.2 Å². The molecule has 0 aliphatic rings. The number of nitrogens with zero attached hydrogens (tertiary/aromatic N) is 3. The average molecular weight is 492 g/mol. The topological polar surface area (TPSA) is 115 Å². The number of hydrogen-bond acceptors (Lipinski definition) is 6. The van der Waals surface area contributed by atoms with E-state index in [0.29, 0.717) is 33.9 Å². The Balaban J connectivity index is 1.39. The maximum absolute atomic E-state index is 13.4. The van der Waals surface area contributed by atoms with Crippen LogP contribution in [0.15, 0.2) is 102 Å². The van der Waals surface area contributed by atoms with Crippen molar-refractivity contribution < 1.29 is 14.3 Å². The first-order valence-corrected chi connectivity index (χ1v) is 11.4. The predicted octanol–water partition coefficient (Wildman–Crippen LogP) is 4.18. The van der Waals surface area contributed by atoms with E-state index in [1.807, 2.05) is 18.2 Å². The number of pyridine rings is 3. The molecular weight excluding hydrogens is 470 g/mol. The van der Waals surface area contributed by atoms with E-state index in [2.05, 4.69) is 20.6 Å². The Kier molecular flexibility index (Phi) is 6.41. The molecule has 9 nitrogen and oxygen atoms in total. The zero-order valence-electron chi connectivity index (χ0n) is 19.7. The maximum Gasteiger partial charge on any atom is 0.269 e. The second-order valence-corrected chi connectivity index (χ2v) is 7.99. The summed E-state index contributed by atoms with van der Waals surface area (Å²) < 4.78 is 7.23. The fraction of sp³-hybridized carbons (Fsp3) is 0.0357. The van der Waals surface area contributed by atoms with E-state index < -0.39 is 11.5 Å². The molecule has 0 aliphatic heterocycles. The molecule has 37 heavy (non-hydrogen) atoms. The number of anilines is 1. The number of aromatic nitrogens is 3. The molecule has 0 spiro atoms. The molecule has 5 aromatic rings. The minimum absolute atomic E-state index is 0.0109. The van der Waals surface area contributed by atoms with Gasteiger partial charge in [0.2, 0.25) is 0 Å². The van der Waals surface area contributed by atoms with E-state index in [1.54, 1.807) is 66.9 Å². The quantitative estimate of drug-likeness (QED) is 0.368. The molecule has 3 heterocycles. The summed E-state index contributed by atoms with van der Waals surface area (Å²) in [5, 5.41) is 5.95. The second kappa shape index (κ2) is 10.1. The van der Waals surface area contributed by atoms with Crippen LogP contribution in [0.2, 0.25) is 0 Å². The lowest BCUT2D eigenvalue weighted by Gasteiger charge is -2.12. The highest BCUT2D eigenvalue weighted by molar-refractivity contribution is 6.05. The van der Waals surface area contributed by atoms with E-state index >= 15 is 0 Å². The van der Waals surface area contributed by atoms with E-state index in [0.717, 1.165) is 0 Å². The van der Waals surface area contributed by atoms with Gasteiger partial charge in [0.05, 0.1) is 5.69 Å². The van der Waals surface area contributed by atoms with Gasteiger partial charge in [0.1, 0.15) is 28.4 Å². The number of carbonyl (C=O) groups excluding carboxylic acids is 2. The number of benzene rings is 2. The van der Waals surface area contributed by atoms with Crippen molar-refractivity contribution in [3.05, 3.63) is 119 Å². The monoisotopic (exact) mass is 491 g/mol. The number of ether oxygens (including phenoxy) is 1. The first-order chi connectivity index (χ1) is 18.0. The lowest BCUT2D eigenvalue weighted by atomic mass is 10.1. The van der Waals surface area contributed by atoms with Crippen molar-refractivity contribution in [2.75, 3.05) is 12.4 Å². The van der Waals surface area contributed by atoms with Gasteiger partial charge < -0.3 is 15.4 Å². The third-order valence-corrected chi connectivity index (χ3v) is 5.56. The molecule has 2 amide bonds. The van der Waals surface area contributed by atoms with Crippen molar-refractivity contribution in [2.24, 2.45) is 0 Å². The van der Waals surface area contributed by atoms with Crippen LogP contribution in [0.3, 0.4) is 0 Å². The molecule has 0 bridgehead atoms. The summed E-state index contributed by atoms with van der Waals surface area (Å²) >= 11 is 0. The smallest absolute Gasteiger partial charge is 0.269 e. The van der Waals surface area contributed by atoms with Crippen LogP contribution >= 0.6 is 0 Å². The SMILES string of the molecule is CNC(=O)c1cc(Oc2ccc(NC(=O)c3cc4cccnc4n(-c4ccccc4)c3=O)cc2)ccn1. The summed E-state index contributed by atoms with van der Waals surface area (Å²) in [7, 11) is 1.52. The Hall–Kier alpha value is -5.31. The van der Waals surface area contributed by atoms with Gasteiger partial charge in [0.25, 0.3) is 17.4 Å². The van der Waals surface area contributed by atoms with Crippen LogP contribution in [0.25, 0.3) is 16.7 Å². The van der Waals surface area contributed by atoms with Gasteiger partial charge in [-0.05, 0) is 60.7 Å².